The molecule has 0 aliphatic heterocycles. The average Bonchev–Trinajstić information content (AvgIpc) is 2.95. The van der Waals surface area contributed by atoms with E-state index in [1.807, 2.05) is 0 Å². The van der Waals surface area contributed by atoms with E-state index < -0.39 is 21.7 Å². The second-order valence-electron chi connectivity index (χ2n) is 5.23. The number of fused-ring (bicyclic) bond motifs is 1. The fourth-order valence-corrected chi connectivity index (χ4v) is 2.94. The number of aromatic nitrogens is 3. The molecule has 3 aromatic rings. The number of halogens is 3. The van der Waals surface area contributed by atoms with Gasteiger partial charge in [-0.3, -0.25) is 0 Å². The zero-order valence-electron chi connectivity index (χ0n) is 12.6. The van der Waals surface area contributed by atoms with Crippen LogP contribution in [0.3, 0.4) is 0 Å². The van der Waals surface area contributed by atoms with Crippen molar-refractivity contribution in [3.05, 3.63) is 47.8 Å². The minimum Gasteiger partial charge on any atom is -0.227 e. The molecule has 25 heavy (non-hydrogen) atoms. The molecule has 0 fully saturated rings. The first kappa shape index (κ1) is 16.9. The normalized spacial score (nSPS) is 12.3. The van der Waals surface area contributed by atoms with Gasteiger partial charge in [-0.1, -0.05) is 12.1 Å². The Morgan fingerprint density at radius 1 is 1.24 bits per heavy atom. The Balaban J connectivity index is 2.33. The van der Waals surface area contributed by atoms with E-state index in [0.717, 1.165) is 18.5 Å². The Kier molecular flexibility index (Phi) is 3.76. The Morgan fingerprint density at radius 2 is 1.96 bits per heavy atom. The van der Waals surface area contributed by atoms with E-state index in [1.165, 1.54) is 24.3 Å². The Morgan fingerprint density at radius 3 is 2.56 bits per heavy atom. The lowest BCUT2D eigenvalue weighted by Crippen LogP contribution is -2.13. The fraction of sp³-hybridized carbons (Fsp3) is 0.133. The highest BCUT2D eigenvalue weighted by atomic mass is 32.2. The molecule has 0 radical (unpaired) electrons. The summed E-state index contributed by atoms with van der Waals surface area (Å²) in [5.74, 6) is 0. The van der Waals surface area contributed by atoms with Crippen LogP contribution in [0.4, 0.5) is 13.2 Å². The highest BCUT2D eigenvalue weighted by Crippen LogP contribution is 2.33. The quantitative estimate of drug-likeness (QED) is 0.696. The van der Waals surface area contributed by atoms with E-state index in [4.69, 9.17) is 5.26 Å². The zero-order valence-corrected chi connectivity index (χ0v) is 13.4. The lowest BCUT2D eigenvalue weighted by Gasteiger charge is -2.11. The number of nitrogens with zero attached hydrogens (tertiary/aromatic N) is 4. The topological polar surface area (TPSA) is 88.1 Å². The third kappa shape index (κ3) is 3.06. The summed E-state index contributed by atoms with van der Waals surface area (Å²) < 4.78 is 63.8. The van der Waals surface area contributed by atoms with Gasteiger partial charge in [0, 0.05) is 11.8 Å². The van der Waals surface area contributed by atoms with E-state index in [9.17, 15) is 21.6 Å². The van der Waals surface area contributed by atoms with E-state index in [1.54, 1.807) is 6.07 Å². The average molecular weight is 366 g/mol. The molecule has 6 nitrogen and oxygen atoms in total. The molecule has 0 N–H and O–H groups in total. The standard InChI is InChI=1S/C15H9F3N4O2S/c1-25(23,24)11-4-2-3-9(5-11)12-6-13(15(16,17)18)22-14(21-12)10(7-19)8-20-22/h2-6,8H,1H3. The van der Waals surface area contributed by atoms with Crippen LogP contribution in [0.15, 0.2) is 41.4 Å². The zero-order chi connectivity index (χ0) is 18.4. The van der Waals surface area contributed by atoms with Crippen LogP contribution in [0.25, 0.3) is 16.9 Å². The van der Waals surface area contributed by atoms with Gasteiger partial charge in [-0.2, -0.15) is 23.5 Å². The predicted molar refractivity (Wildman–Crippen MR) is 81.2 cm³/mol. The van der Waals surface area contributed by atoms with E-state index in [0.29, 0.717) is 4.52 Å². The molecule has 10 heteroatoms. The van der Waals surface area contributed by atoms with Gasteiger partial charge >= 0.3 is 6.18 Å². The molecular weight excluding hydrogens is 357 g/mol. The van der Waals surface area contributed by atoms with Crippen molar-refractivity contribution in [1.29, 1.82) is 5.26 Å². The first-order chi connectivity index (χ1) is 11.6. The van der Waals surface area contributed by atoms with Crippen molar-refractivity contribution in [2.45, 2.75) is 11.1 Å². The number of benzene rings is 1. The lowest BCUT2D eigenvalue weighted by atomic mass is 10.1. The molecule has 1 aromatic carbocycles. The van der Waals surface area contributed by atoms with Crippen LogP contribution in [-0.4, -0.2) is 29.3 Å². The van der Waals surface area contributed by atoms with Gasteiger partial charge in [-0.25, -0.2) is 17.9 Å². The molecule has 2 aromatic heterocycles. The molecule has 128 valence electrons. The van der Waals surface area contributed by atoms with Gasteiger partial charge in [0.25, 0.3) is 0 Å². The highest BCUT2D eigenvalue weighted by molar-refractivity contribution is 7.90. The Bertz CT molecular complexity index is 1130. The maximum Gasteiger partial charge on any atom is 0.433 e. The molecule has 0 saturated heterocycles. The molecule has 0 saturated carbocycles. The Hall–Kier alpha value is -2.93. The molecule has 0 atom stereocenters. The van der Waals surface area contributed by atoms with Crippen molar-refractivity contribution >= 4 is 15.5 Å². The van der Waals surface area contributed by atoms with Gasteiger partial charge in [0.1, 0.15) is 11.6 Å². The summed E-state index contributed by atoms with van der Waals surface area (Å²) in [7, 11) is -3.54. The number of alkyl halides is 3. The first-order valence-electron chi connectivity index (χ1n) is 6.78. The van der Waals surface area contributed by atoms with Crippen LogP contribution in [0, 0.1) is 11.3 Å². The number of hydrogen-bond acceptors (Lipinski definition) is 5. The second kappa shape index (κ2) is 5.56. The number of nitriles is 1. The number of sulfone groups is 1. The van der Waals surface area contributed by atoms with Crippen LogP contribution in [0.1, 0.15) is 11.3 Å². The van der Waals surface area contributed by atoms with E-state index >= 15 is 0 Å². The maximum atomic E-state index is 13.3. The largest absolute Gasteiger partial charge is 0.433 e. The summed E-state index contributed by atoms with van der Waals surface area (Å²) in [6.45, 7) is 0. The smallest absolute Gasteiger partial charge is 0.227 e. The molecule has 0 amide bonds. The molecule has 0 unspecified atom stereocenters. The second-order valence-corrected chi connectivity index (χ2v) is 7.25. The van der Waals surface area contributed by atoms with Gasteiger partial charge < -0.3 is 0 Å². The van der Waals surface area contributed by atoms with Crippen molar-refractivity contribution < 1.29 is 21.6 Å². The van der Waals surface area contributed by atoms with Gasteiger partial charge in [-0.15, -0.1) is 0 Å². The molecule has 0 aliphatic carbocycles. The minimum absolute atomic E-state index is 0.0470. The van der Waals surface area contributed by atoms with Gasteiger partial charge in [-0.05, 0) is 18.2 Å². The summed E-state index contributed by atoms with van der Waals surface area (Å²) in [5.41, 5.74) is -1.41. The molecule has 3 rings (SSSR count). The van der Waals surface area contributed by atoms with Crippen molar-refractivity contribution in [3.8, 4) is 17.3 Å². The molecular formula is C15H9F3N4O2S. The third-order valence-corrected chi connectivity index (χ3v) is 4.55. The summed E-state index contributed by atoms with van der Waals surface area (Å²) in [6.07, 6.45) is -2.74. The fourth-order valence-electron chi connectivity index (χ4n) is 2.28. The van der Waals surface area contributed by atoms with Crippen LogP contribution >= 0.6 is 0 Å². The van der Waals surface area contributed by atoms with Crippen molar-refractivity contribution in [3.63, 3.8) is 0 Å². The lowest BCUT2D eigenvalue weighted by molar-refractivity contribution is -0.142. The third-order valence-electron chi connectivity index (χ3n) is 3.44. The van der Waals surface area contributed by atoms with Gasteiger partial charge in [0.2, 0.25) is 0 Å². The van der Waals surface area contributed by atoms with Crippen LogP contribution < -0.4 is 0 Å². The Labute approximate surface area is 140 Å². The van der Waals surface area contributed by atoms with Crippen LogP contribution in [-0.2, 0) is 16.0 Å². The van der Waals surface area contributed by atoms with Crippen molar-refractivity contribution in [2.24, 2.45) is 0 Å². The summed E-state index contributed by atoms with van der Waals surface area (Å²) in [4.78, 5) is 4.01. The monoisotopic (exact) mass is 366 g/mol. The van der Waals surface area contributed by atoms with E-state index in [2.05, 4.69) is 10.1 Å². The SMILES string of the molecule is CS(=O)(=O)c1cccc(-c2cc(C(F)(F)F)n3ncc(C#N)c3n2)c1. The summed E-state index contributed by atoms with van der Waals surface area (Å²) in [5, 5.41) is 12.6. The summed E-state index contributed by atoms with van der Waals surface area (Å²) >= 11 is 0. The summed E-state index contributed by atoms with van der Waals surface area (Å²) in [6, 6.07) is 7.92. The number of hydrogen-bond donors (Lipinski definition) is 0. The molecule has 0 spiro atoms. The number of rotatable bonds is 2. The van der Waals surface area contributed by atoms with E-state index in [-0.39, 0.29) is 27.4 Å². The van der Waals surface area contributed by atoms with Gasteiger partial charge in [0.15, 0.2) is 21.2 Å². The van der Waals surface area contributed by atoms with Crippen molar-refractivity contribution in [1.82, 2.24) is 14.6 Å². The van der Waals surface area contributed by atoms with Gasteiger partial charge in [0.05, 0.1) is 16.8 Å². The molecule has 0 aliphatic rings. The van der Waals surface area contributed by atoms with Crippen LogP contribution in [0.5, 0.6) is 0 Å². The van der Waals surface area contributed by atoms with Crippen molar-refractivity contribution in [2.75, 3.05) is 6.26 Å². The first-order valence-corrected chi connectivity index (χ1v) is 8.67. The molecule has 0 bridgehead atoms. The molecule has 2 heterocycles. The minimum atomic E-state index is -4.73. The predicted octanol–water partition coefficient (Wildman–Crippen LogP) is 2.69. The van der Waals surface area contributed by atoms with Crippen LogP contribution in [0.2, 0.25) is 0 Å². The highest BCUT2D eigenvalue weighted by Gasteiger charge is 2.35. The maximum absolute atomic E-state index is 13.3.